The van der Waals surface area contributed by atoms with Gasteiger partial charge in [-0.1, -0.05) is 26.8 Å². The van der Waals surface area contributed by atoms with E-state index in [2.05, 4.69) is 33.0 Å². The van der Waals surface area contributed by atoms with Crippen molar-refractivity contribution >= 4 is 5.91 Å². The smallest absolute Gasteiger partial charge is 0.254 e. The van der Waals surface area contributed by atoms with Crippen LogP contribution in [0, 0.1) is 17.8 Å². The van der Waals surface area contributed by atoms with E-state index in [9.17, 15) is 9.90 Å². The van der Waals surface area contributed by atoms with Crippen LogP contribution in [0.3, 0.4) is 0 Å². The Morgan fingerprint density at radius 2 is 1.89 bits per heavy atom. The molecule has 1 saturated carbocycles. The Labute approximate surface area is 164 Å². The molecule has 0 saturated heterocycles. The molecule has 1 aromatic rings. The minimum Gasteiger partial charge on any atom is -0.508 e. The summed E-state index contributed by atoms with van der Waals surface area (Å²) in [6.07, 6.45) is 6.11. The van der Waals surface area contributed by atoms with E-state index in [4.69, 9.17) is 0 Å². The third kappa shape index (κ3) is 4.66. The first kappa shape index (κ1) is 20.2. The summed E-state index contributed by atoms with van der Waals surface area (Å²) < 4.78 is 0. The summed E-state index contributed by atoms with van der Waals surface area (Å²) in [6, 6.07) is 6.34. The molecule has 150 valence electrons. The molecule has 2 N–H and O–H groups in total. The first-order valence-corrected chi connectivity index (χ1v) is 10.8. The number of hydrogen-bond acceptors (Lipinski definition) is 3. The standard InChI is InChI=1S/C23H36N2O2/c1-5-22(15(2)3)24-16(4)18-8-6-17(7-9-18)13-25-14-19-10-11-20(26)12-21(19)23(25)27/h10-12,15-18,22,24,26H,5-9,13-14H2,1-4H3/t16?,17?,18?,22-/m1/s1. The van der Waals surface area contributed by atoms with Gasteiger partial charge in [0.15, 0.2) is 0 Å². The maximum atomic E-state index is 12.6. The summed E-state index contributed by atoms with van der Waals surface area (Å²) in [5, 5.41) is 13.5. The second kappa shape index (κ2) is 8.64. The lowest BCUT2D eigenvalue weighted by molar-refractivity contribution is 0.0723. The molecule has 2 aliphatic rings. The molecule has 1 aliphatic heterocycles. The van der Waals surface area contributed by atoms with Gasteiger partial charge in [-0.3, -0.25) is 4.79 Å². The van der Waals surface area contributed by atoms with Crippen LogP contribution in [0.25, 0.3) is 0 Å². The number of nitrogens with one attached hydrogen (secondary N) is 1. The number of phenols is 1. The maximum absolute atomic E-state index is 12.6. The van der Waals surface area contributed by atoms with E-state index in [1.807, 2.05) is 11.0 Å². The maximum Gasteiger partial charge on any atom is 0.254 e. The Bertz CT molecular complexity index is 650. The van der Waals surface area contributed by atoms with Crippen LogP contribution in [0.5, 0.6) is 5.75 Å². The fourth-order valence-electron chi connectivity index (χ4n) is 4.93. The summed E-state index contributed by atoms with van der Waals surface area (Å²) in [6.45, 7) is 10.8. The summed E-state index contributed by atoms with van der Waals surface area (Å²) >= 11 is 0. The van der Waals surface area contributed by atoms with Crippen molar-refractivity contribution in [1.82, 2.24) is 10.2 Å². The Hall–Kier alpha value is -1.55. The van der Waals surface area contributed by atoms with Gasteiger partial charge in [-0.05, 0) is 74.5 Å². The van der Waals surface area contributed by atoms with Gasteiger partial charge in [0, 0.05) is 30.7 Å². The van der Waals surface area contributed by atoms with Gasteiger partial charge < -0.3 is 15.3 Å². The number of fused-ring (bicyclic) bond motifs is 1. The fraction of sp³-hybridized carbons (Fsp3) is 0.696. The summed E-state index contributed by atoms with van der Waals surface area (Å²) in [5.41, 5.74) is 1.73. The van der Waals surface area contributed by atoms with Crippen LogP contribution < -0.4 is 5.32 Å². The van der Waals surface area contributed by atoms with Gasteiger partial charge in [-0.2, -0.15) is 0 Å². The molecular weight excluding hydrogens is 336 g/mol. The fourth-order valence-corrected chi connectivity index (χ4v) is 4.93. The van der Waals surface area contributed by atoms with Crippen molar-refractivity contribution in [3.63, 3.8) is 0 Å². The van der Waals surface area contributed by atoms with Crippen molar-refractivity contribution in [2.75, 3.05) is 6.54 Å². The highest BCUT2D eigenvalue weighted by atomic mass is 16.3. The van der Waals surface area contributed by atoms with Crippen LogP contribution in [0.1, 0.15) is 75.7 Å². The molecule has 27 heavy (non-hydrogen) atoms. The van der Waals surface area contributed by atoms with Crippen molar-refractivity contribution < 1.29 is 9.90 Å². The second-order valence-corrected chi connectivity index (χ2v) is 9.02. The van der Waals surface area contributed by atoms with Gasteiger partial charge >= 0.3 is 0 Å². The molecule has 0 aromatic heterocycles. The van der Waals surface area contributed by atoms with E-state index in [1.54, 1.807) is 12.1 Å². The molecule has 2 atom stereocenters. The number of rotatable bonds is 7. The highest BCUT2D eigenvalue weighted by Gasteiger charge is 2.32. The number of benzene rings is 1. The largest absolute Gasteiger partial charge is 0.508 e. The predicted octanol–water partition coefficient (Wildman–Crippen LogP) is 4.57. The Morgan fingerprint density at radius 1 is 1.19 bits per heavy atom. The summed E-state index contributed by atoms with van der Waals surface area (Å²) in [7, 11) is 0. The number of nitrogens with zero attached hydrogens (tertiary/aromatic N) is 1. The highest BCUT2D eigenvalue weighted by molar-refractivity contribution is 5.98. The monoisotopic (exact) mass is 372 g/mol. The van der Waals surface area contributed by atoms with E-state index in [0.717, 1.165) is 18.0 Å². The first-order valence-electron chi connectivity index (χ1n) is 10.8. The molecule has 0 radical (unpaired) electrons. The zero-order valence-electron chi connectivity index (χ0n) is 17.4. The molecule has 1 aliphatic carbocycles. The molecule has 1 unspecified atom stereocenters. The molecule has 4 nitrogen and oxygen atoms in total. The van der Waals surface area contributed by atoms with Gasteiger partial charge in [0.05, 0.1) is 0 Å². The Morgan fingerprint density at radius 3 is 2.52 bits per heavy atom. The quantitative estimate of drug-likeness (QED) is 0.737. The van der Waals surface area contributed by atoms with Crippen LogP contribution >= 0.6 is 0 Å². The Kier molecular flexibility index (Phi) is 6.46. The number of aromatic hydroxyl groups is 1. The lowest BCUT2D eigenvalue weighted by atomic mass is 9.78. The van der Waals surface area contributed by atoms with Gasteiger partial charge in [0.2, 0.25) is 0 Å². The minimum absolute atomic E-state index is 0.0841. The predicted molar refractivity (Wildman–Crippen MR) is 110 cm³/mol. The average Bonchev–Trinajstić information content (AvgIpc) is 2.95. The van der Waals surface area contributed by atoms with E-state index in [1.165, 1.54) is 32.1 Å². The zero-order valence-corrected chi connectivity index (χ0v) is 17.4. The van der Waals surface area contributed by atoms with Crippen LogP contribution in [0.15, 0.2) is 18.2 Å². The normalized spacial score (nSPS) is 24.9. The number of carbonyl (C=O) groups excluding carboxylic acids is 1. The molecule has 1 amide bonds. The number of carbonyl (C=O) groups is 1. The van der Waals surface area contributed by atoms with Crippen LogP contribution in [0.2, 0.25) is 0 Å². The van der Waals surface area contributed by atoms with Gasteiger partial charge in [-0.15, -0.1) is 0 Å². The lowest BCUT2D eigenvalue weighted by Gasteiger charge is -2.36. The summed E-state index contributed by atoms with van der Waals surface area (Å²) in [5.74, 6) is 2.29. The lowest BCUT2D eigenvalue weighted by Crippen LogP contribution is -2.44. The van der Waals surface area contributed by atoms with E-state index >= 15 is 0 Å². The first-order chi connectivity index (χ1) is 12.9. The van der Waals surface area contributed by atoms with Crippen molar-refractivity contribution in [3.05, 3.63) is 29.3 Å². The van der Waals surface area contributed by atoms with E-state index in [-0.39, 0.29) is 11.7 Å². The molecule has 0 bridgehead atoms. The number of amides is 1. The summed E-state index contributed by atoms with van der Waals surface area (Å²) in [4.78, 5) is 14.6. The SMILES string of the molecule is CC[C@@H](NC(C)C1CCC(CN2Cc3ccc(O)cc3C2=O)CC1)C(C)C. The Balaban J connectivity index is 1.48. The van der Waals surface area contributed by atoms with Crippen molar-refractivity contribution in [1.29, 1.82) is 0 Å². The van der Waals surface area contributed by atoms with Gasteiger partial charge in [0.25, 0.3) is 5.91 Å². The molecule has 0 spiro atoms. The minimum atomic E-state index is 0.0841. The van der Waals surface area contributed by atoms with Gasteiger partial charge in [0.1, 0.15) is 5.75 Å². The van der Waals surface area contributed by atoms with Crippen LogP contribution in [-0.2, 0) is 6.54 Å². The number of hydrogen-bond donors (Lipinski definition) is 2. The molecule has 1 heterocycles. The average molecular weight is 373 g/mol. The van der Waals surface area contributed by atoms with Crippen LogP contribution in [0.4, 0.5) is 0 Å². The second-order valence-electron chi connectivity index (χ2n) is 9.02. The third-order valence-corrected chi connectivity index (χ3v) is 6.77. The van der Waals surface area contributed by atoms with Crippen molar-refractivity contribution in [2.24, 2.45) is 17.8 Å². The van der Waals surface area contributed by atoms with Crippen molar-refractivity contribution in [2.45, 2.75) is 78.4 Å². The topological polar surface area (TPSA) is 52.6 Å². The highest BCUT2D eigenvalue weighted by Crippen LogP contribution is 2.34. The molecule has 1 fully saturated rings. The van der Waals surface area contributed by atoms with E-state index in [0.29, 0.717) is 36.0 Å². The van der Waals surface area contributed by atoms with Crippen LogP contribution in [-0.4, -0.2) is 34.5 Å². The van der Waals surface area contributed by atoms with E-state index < -0.39 is 0 Å². The molecule has 1 aromatic carbocycles. The van der Waals surface area contributed by atoms with Gasteiger partial charge in [-0.25, -0.2) is 0 Å². The number of phenolic OH excluding ortho intramolecular Hbond substituents is 1. The molecule has 3 rings (SSSR count). The zero-order chi connectivity index (χ0) is 19.6. The molecular formula is C23H36N2O2. The van der Waals surface area contributed by atoms with Crippen molar-refractivity contribution in [3.8, 4) is 5.75 Å². The molecule has 4 heteroatoms. The third-order valence-electron chi connectivity index (χ3n) is 6.77.